The van der Waals surface area contributed by atoms with Crippen LogP contribution >= 0.6 is 11.6 Å². The number of benzene rings is 1. The standard InChI is InChI=1S/C11H14ClN5O2S/c1-7(6-20(2,18)19)17-11(14-15-16-17)9-5-8(13)3-4-10(9)12/h3-5,7H,6,13H2,1-2H3. The maximum atomic E-state index is 11.4. The number of sulfone groups is 1. The summed E-state index contributed by atoms with van der Waals surface area (Å²) in [5.41, 5.74) is 6.82. The van der Waals surface area contributed by atoms with Gasteiger partial charge in [-0.05, 0) is 35.5 Å². The van der Waals surface area contributed by atoms with Crippen molar-refractivity contribution in [2.24, 2.45) is 0 Å². The van der Waals surface area contributed by atoms with E-state index < -0.39 is 15.9 Å². The van der Waals surface area contributed by atoms with Crippen LogP contribution in [0.5, 0.6) is 0 Å². The van der Waals surface area contributed by atoms with Crippen LogP contribution < -0.4 is 5.73 Å². The van der Waals surface area contributed by atoms with E-state index in [0.29, 0.717) is 22.1 Å². The van der Waals surface area contributed by atoms with Crippen molar-refractivity contribution in [2.45, 2.75) is 13.0 Å². The number of rotatable bonds is 4. The summed E-state index contributed by atoms with van der Waals surface area (Å²) in [5, 5.41) is 11.8. The summed E-state index contributed by atoms with van der Waals surface area (Å²) in [6, 6.07) is 4.55. The number of aromatic nitrogens is 4. The lowest BCUT2D eigenvalue weighted by Crippen LogP contribution is -2.18. The van der Waals surface area contributed by atoms with Crippen LogP contribution in [0.15, 0.2) is 18.2 Å². The van der Waals surface area contributed by atoms with Crippen molar-refractivity contribution in [1.82, 2.24) is 20.2 Å². The van der Waals surface area contributed by atoms with Gasteiger partial charge in [0.05, 0.1) is 16.8 Å². The third-order valence-electron chi connectivity index (χ3n) is 2.69. The Hall–Kier alpha value is -1.67. The van der Waals surface area contributed by atoms with Crippen LogP contribution in [0.25, 0.3) is 11.4 Å². The Balaban J connectivity index is 2.45. The number of nitrogen functional groups attached to an aromatic ring is 1. The van der Waals surface area contributed by atoms with Crippen LogP contribution in [0, 0.1) is 0 Å². The summed E-state index contributed by atoms with van der Waals surface area (Å²) in [6.07, 6.45) is 1.17. The topological polar surface area (TPSA) is 104 Å². The van der Waals surface area contributed by atoms with E-state index in [0.717, 1.165) is 0 Å². The van der Waals surface area contributed by atoms with E-state index in [2.05, 4.69) is 15.5 Å². The second-order valence-electron chi connectivity index (χ2n) is 4.63. The zero-order chi connectivity index (χ0) is 14.9. The Kier molecular flexibility index (Phi) is 3.96. The first-order chi connectivity index (χ1) is 9.28. The fourth-order valence-corrected chi connectivity index (χ4v) is 3.11. The molecule has 2 aromatic rings. The minimum atomic E-state index is -3.14. The number of hydrogen-bond donors (Lipinski definition) is 1. The van der Waals surface area contributed by atoms with Gasteiger partial charge in [-0.15, -0.1) is 5.10 Å². The van der Waals surface area contributed by atoms with Gasteiger partial charge in [-0.2, -0.15) is 0 Å². The van der Waals surface area contributed by atoms with Gasteiger partial charge in [0, 0.05) is 17.5 Å². The SMILES string of the molecule is CC(CS(C)(=O)=O)n1nnnc1-c1cc(N)ccc1Cl. The molecule has 7 nitrogen and oxygen atoms in total. The van der Waals surface area contributed by atoms with E-state index in [-0.39, 0.29) is 5.75 Å². The molecule has 1 atom stereocenters. The van der Waals surface area contributed by atoms with Gasteiger partial charge < -0.3 is 5.73 Å². The van der Waals surface area contributed by atoms with E-state index in [1.54, 1.807) is 25.1 Å². The Morgan fingerprint density at radius 2 is 2.15 bits per heavy atom. The zero-order valence-corrected chi connectivity index (χ0v) is 12.6. The summed E-state index contributed by atoms with van der Waals surface area (Å²) in [5.74, 6) is 0.323. The van der Waals surface area contributed by atoms with Crippen molar-refractivity contribution in [2.75, 3.05) is 17.7 Å². The van der Waals surface area contributed by atoms with Crippen LogP contribution in [-0.4, -0.2) is 40.6 Å². The van der Waals surface area contributed by atoms with Gasteiger partial charge in [-0.3, -0.25) is 0 Å². The van der Waals surface area contributed by atoms with Gasteiger partial charge in [-0.25, -0.2) is 13.1 Å². The number of tetrazole rings is 1. The van der Waals surface area contributed by atoms with Crippen molar-refractivity contribution < 1.29 is 8.42 Å². The van der Waals surface area contributed by atoms with Crippen molar-refractivity contribution in [3.05, 3.63) is 23.2 Å². The van der Waals surface area contributed by atoms with Crippen molar-refractivity contribution in [3.63, 3.8) is 0 Å². The highest BCUT2D eigenvalue weighted by atomic mass is 35.5. The molecule has 0 saturated carbocycles. The molecule has 0 aliphatic carbocycles. The minimum absolute atomic E-state index is 0.0645. The highest BCUT2D eigenvalue weighted by Crippen LogP contribution is 2.29. The summed E-state index contributed by atoms with van der Waals surface area (Å²) < 4.78 is 24.2. The first-order valence-electron chi connectivity index (χ1n) is 5.79. The first-order valence-corrected chi connectivity index (χ1v) is 8.23. The van der Waals surface area contributed by atoms with Gasteiger partial charge in [0.1, 0.15) is 9.84 Å². The van der Waals surface area contributed by atoms with Crippen LogP contribution in [0.1, 0.15) is 13.0 Å². The second-order valence-corrected chi connectivity index (χ2v) is 7.22. The Morgan fingerprint density at radius 1 is 1.45 bits per heavy atom. The molecule has 1 heterocycles. The zero-order valence-electron chi connectivity index (χ0n) is 11.0. The number of nitrogens with two attached hydrogens (primary N) is 1. The van der Waals surface area contributed by atoms with Gasteiger partial charge in [-0.1, -0.05) is 11.6 Å². The molecular weight excluding hydrogens is 302 g/mol. The van der Waals surface area contributed by atoms with Crippen LogP contribution in [0.2, 0.25) is 5.02 Å². The van der Waals surface area contributed by atoms with E-state index in [1.807, 2.05) is 0 Å². The molecule has 2 rings (SSSR count). The summed E-state index contributed by atoms with van der Waals surface area (Å²) in [6.45, 7) is 1.72. The number of halogens is 1. The summed E-state index contributed by atoms with van der Waals surface area (Å²) >= 11 is 6.11. The van der Waals surface area contributed by atoms with Crippen molar-refractivity contribution in [3.8, 4) is 11.4 Å². The molecule has 0 aliphatic heterocycles. The molecule has 1 unspecified atom stereocenters. The molecule has 0 aliphatic rings. The predicted octanol–water partition coefficient (Wildman–Crippen LogP) is 1.18. The second kappa shape index (κ2) is 5.37. The molecule has 2 N–H and O–H groups in total. The molecule has 9 heteroatoms. The van der Waals surface area contributed by atoms with Crippen LogP contribution in [-0.2, 0) is 9.84 Å². The molecule has 0 saturated heterocycles. The molecule has 0 fully saturated rings. The largest absolute Gasteiger partial charge is 0.399 e. The lowest BCUT2D eigenvalue weighted by atomic mass is 10.2. The van der Waals surface area contributed by atoms with Gasteiger partial charge in [0.2, 0.25) is 0 Å². The molecule has 0 amide bonds. The monoisotopic (exact) mass is 315 g/mol. The molecule has 1 aromatic heterocycles. The lowest BCUT2D eigenvalue weighted by Gasteiger charge is -2.13. The molecular formula is C11H14ClN5O2S. The van der Waals surface area contributed by atoms with E-state index >= 15 is 0 Å². The van der Waals surface area contributed by atoms with Gasteiger partial charge in [0.25, 0.3) is 0 Å². The Morgan fingerprint density at radius 3 is 2.80 bits per heavy atom. The number of nitrogens with zero attached hydrogens (tertiary/aromatic N) is 4. The first kappa shape index (κ1) is 14.7. The fraction of sp³-hybridized carbons (Fsp3) is 0.364. The lowest BCUT2D eigenvalue weighted by molar-refractivity contribution is 0.509. The van der Waals surface area contributed by atoms with E-state index in [4.69, 9.17) is 17.3 Å². The number of anilines is 1. The molecule has 108 valence electrons. The molecule has 1 aromatic carbocycles. The Bertz CT molecular complexity index is 728. The van der Waals surface area contributed by atoms with Crippen molar-refractivity contribution in [1.29, 1.82) is 0 Å². The normalized spacial score (nSPS) is 13.3. The maximum absolute atomic E-state index is 11.4. The summed E-state index contributed by atoms with van der Waals surface area (Å²) in [4.78, 5) is 0. The molecule has 20 heavy (non-hydrogen) atoms. The average molecular weight is 316 g/mol. The summed E-state index contributed by atoms with van der Waals surface area (Å²) in [7, 11) is -3.14. The predicted molar refractivity (Wildman–Crippen MR) is 77.1 cm³/mol. The molecule has 0 radical (unpaired) electrons. The minimum Gasteiger partial charge on any atom is -0.399 e. The highest BCUT2D eigenvalue weighted by molar-refractivity contribution is 7.90. The van der Waals surface area contributed by atoms with Crippen LogP contribution in [0.4, 0.5) is 5.69 Å². The van der Waals surface area contributed by atoms with Crippen LogP contribution in [0.3, 0.4) is 0 Å². The van der Waals surface area contributed by atoms with E-state index in [9.17, 15) is 8.42 Å². The van der Waals surface area contributed by atoms with Gasteiger partial charge >= 0.3 is 0 Å². The maximum Gasteiger partial charge on any atom is 0.183 e. The smallest absolute Gasteiger partial charge is 0.183 e. The highest BCUT2D eigenvalue weighted by Gasteiger charge is 2.20. The fourth-order valence-electron chi connectivity index (χ4n) is 1.89. The van der Waals surface area contributed by atoms with Gasteiger partial charge in [0.15, 0.2) is 5.82 Å². The number of hydrogen-bond acceptors (Lipinski definition) is 6. The van der Waals surface area contributed by atoms with E-state index in [1.165, 1.54) is 10.9 Å². The third-order valence-corrected chi connectivity index (χ3v) is 4.10. The quantitative estimate of drug-likeness (QED) is 0.850. The Labute approximate surface area is 121 Å². The third kappa shape index (κ3) is 3.26. The molecule has 0 bridgehead atoms. The molecule has 0 spiro atoms. The van der Waals surface area contributed by atoms with Crippen molar-refractivity contribution >= 4 is 27.1 Å². The average Bonchev–Trinajstić information content (AvgIpc) is 2.79.